The van der Waals surface area contributed by atoms with E-state index in [1.165, 1.54) is 19.2 Å². The maximum atomic E-state index is 13.0. The minimum absolute atomic E-state index is 0.172. The Bertz CT molecular complexity index is 1080. The molecular weight excluding hydrogens is 487 g/mol. The average molecular weight is 520 g/mol. The van der Waals surface area contributed by atoms with Gasteiger partial charge in [-0.3, -0.25) is 14.4 Å². The lowest BCUT2D eigenvalue weighted by atomic mass is 9.88. The standard InChI is InChI=1S/C27H32F3N3O4/c1-17(2)16-31-25(35)23(32-24(34)19-6-10-22(37-3)11-7-19)18-12-14-33(15-13-18)26(36)20-4-8-21(9-5-20)27(28,29)30/h4-11,17-18,23H,12-16H2,1-3H3,(H,31,35)(H,32,34). The number of carbonyl (C=O) groups is 3. The Morgan fingerprint density at radius 2 is 1.54 bits per heavy atom. The number of methoxy groups -OCH3 is 1. The van der Waals surface area contributed by atoms with Crippen LogP contribution in [0.15, 0.2) is 48.5 Å². The Kier molecular flexibility index (Phi) is 9.18. The van der Waals surface area contributed by atoms with E-state index >= 15 is 0 Å². The van der Waals surface area contributed by atoms with Crippen molar-refractivity contribution in [2.45, 2.75) is 38.9 Å². The molecule has 1 aliphatic heterocycles. The molecule has 3 rings (SSSR count). The molecule has 1 aliphatic rings. The Morgan fingerprint density at radius 1 is 0.973 bits per heavy atom. The number of hydrogen-bond donors (Lipinski definition) is 2. The summed E-state index contributed by atoms with van der Waals surface area (Å²) in [5.41, 5.74) is -0.256. The molecule has 2 aromatic carbocycles. The van der Waals surface area contributed by atoms with Gasteiger partial charge in [0.1, 0.15) is 11.8 Å². The molecule has 0 aromatic heterocycles. The number of alkyl halides is 3. The van der Waals surface area contributed by atoms with Crippen LogP contribution in [-0.4, -0.2) is 55.4 Å². The van der Waals surface area contributed by atoms with Crippen molar-refractivity contribution in [1.82, 2.24) is 15.5 Å². The van der Waals surface area contributed by atoms with Gasteiger partial charge < -0.3 is 20.3 Å². The largest absolute Gasteiger partial charge is 0.497 e. The van der Waals surface area contributed by atoms with Gasteiger partial charge in [0.15, 0.2) is 0 Å². The first-order valence-corrected chi connectivity index (χ1v) is 12.2. The highest BCUT2D eigenvalue weighted by Crippen LogP contribution is 2.30. The number of hydrogen-bond acceptors (Lipinski definition) is 4. The zero-order valence-electron chi connectivity index (χ0n) is 21.1. The van der Waals surface area contributed by atoms with E-state index in [0.29, 0.717) is 43.8 Å². The molecule has 0 bridgehead atoms. The van der Waals surface area contributed by atoms with Crippen LogP contribution < -0.4 is 15.4 Å². The normalized spacial score (nSPS) is 15.3. The summed E-state index contributed by atoms with van der Waals surface area (Å²) in [5.74, 6) is -0.432. The molecule has 1 unspecified atom stereocenters. The predicted molar refractivity (Wildman–Crippen MR) is 132 cm³/mol. The van der Waals surface area contributed by atoms with Gasteiger partial charge in [0.05, 0.1) is 12.7 Å². The SMILES string of the molecule is COc1ccc(C(=O)NC(C(=O)NCC(C)C)C2CCN(C(=O)c3ccc(C(F)(F)F)cc3)CC2)cc1. The molecule has 2 aromatic rings. The summed E-state index contributed by atoms with van der Waals surface area (Å²) in [4.78, 5) is 40.4. The van der Waals surface area contributed by atoms with Gasteiger partial charge in [-0.15, -0.1) is 0 Å². The smallest absolute Gasteiger partial charge is 0.416 e. The Morgan fingerprint density at radius 3 is 2.05 bits per heavy atom. The van der Waals surface area contributed by atoms with Gasteiger partial charge in [-0.2, -0.15) is 13.2 Å². The third-order valence-electron chi connectivity index (χ3n) is 6.36. The number of ether oxygens (including phenoxy) is 1. The fourth-order valence-electron chi connectivity index (χ4n) is 4.20. The van der Waals surface area contributed by atoms with E-state index in [4.69, 9.17) is 4.74 Å². The second-order valence-corrected chi connectivity index (χ2v) is 9.52. The van der Waals surface area contributed by atoms with Crippen LogP contribution in [0, 0.1) is 11.8 Å². The zero-order chi connectivity index (χ0) is 27.2. The van der Waals surface area contributed by atoms with Crippen LogP contribution in [0.25, 0.3) is 0 Å². The predicted octanol–water partition coefficient (Wildman–Crippen LogP) is 4.14. The highest BCUT2D eigenvalue weighted by atomic mass is 19.4. The molecule has 10 heteroatoms. The summed E-state index contributed by atoms with van der Waals surface area (Å²) in [5, 5.41) is 5.74. The molecule has 1 fully saturated rings. The van der Waals surface area contributed by atoms with Gasteiger partial charge in [-0.1, -0.05) is 13.8 Å². The Labute approximate surface area is 214 Å². The molecule has 0 radical (unpaired) electrons. The highest BCUT2D eigenvalue weighted by molar-refractivity contribution is 5.98. The molecule has 200 valence electrons. The number of rotatable bonds is 8. The summed E-state index contributed by atoms with van der Waals surface area (Å²) in [7, 11) is 1.53. The summed E-state index contributed by atoms with van der Waals surface area (Å²) >= 11 is 0. The third kappa shape index (κ3) is 7.47. The molecule has 0 saturated carbocycles. The lowest BCUT2D eigenvalue weighted by molar-refractivity contribution is -0.137. The van der Waals surface area contributed by atoms with Gasteiger partial charge in [-0.05, 0) is 73.2 Å². The van der Waals surface area contributed by atoms with Crippen molar-refractivity contribution in [2.24, 2.45) is 11.8 Å². The van der Waals surface area contributed by atoms with E-state index < -0.39 is 23.7 Å². The van der Waals surface area contributed by atoms with E-state index in [1.54, 1.807) is 29.2 Å². The first-order chi connectivity index (χ1) is 17.5. The summed E-state index contributed by atoms with van der Waals surface area (Å²) < 4.78 is 43.6. The topological polar surface area (TPSA) is 87.7 Å². The number of nitrogens with one attached hydrogen (secondary N) is 2. The van der Waals surface area contributed by atoms with Crippen LogP contribution in [0.3, 0.4) is 0 Å². The number of benzene rings is 2. The highest BCUT2D eigenvalue weighted by Gasteiger charge is 2.35. The van der Waals surface area contributed by atoms with E-state index in [0.717, 1.165) is 12.1 Å². The number of halogens is 3. The van der Waals surface area contributed by atoms with Crippen LogP contribution in [0.4, 0.5) is 13.2 Å². The molecule has 0 aliphatic carbocycles. The molecule has 37 heavy (non-hydrogen) atoms. The molecule has 1 saturated heterocycles. The summed E-state index contributed by atoms with van der Waals surface area (Å²) in [6.45, 7) is 5.03. The zero-order valence-corrected chi connectivity index (χ0v) is 21.1. The number of amides is 3. The van der Waals surface area contributed by atoms with E-state index in [2.05, 4.69) is 10.6 Å². The molecule has 1 atom stereocenters. The van der Waals surface area contributed by atoms with Gasteiger partial charge in [0, 0.05) is 30.8 Å². The van der Waals surface area contributed by atoms with Gasteiger partial charge in [0.25, 0.3) is 11.8 Å². The first-order valence-electron chi connectivity index (χ1n) is 12.2. The van der Waals surface area contributed by atoms with Crippen LogP contribution >= 0.6 is 0 Å². The molecular formula is C27H32F3N3O4. The van der Waals surface area contributed by atoms with E-state index in [9.17, 15) is 27.6 Å². The summed E-state index contributed by atoms with van der Waals surface area (Å²) in [6.07, 6.45) is -3.56. The number of piperidine rings is 1. The van der Waals surface area contributed by atoms with Gasteiger partial charge in [0.2, 0.25) is 5.91 Å². The monoisotopic (exact) mass is 519 g/mol. The second-order valence-electron chi connectivity index (χ2n) is 9.52. The van der Waals surface area contributed by atoms with Gasteiger partial charge >= 0.3 is 6.18 Å². The molecule has 3 amide bonds. The number of nitrogens with zero attached hydrogens (tertiary/aromatic N) is 1. The van der Waals surface area contributed by atoms with E-state index in [-0.39, 0.29) is 29.2 Å². The lowest BCUT2D eigenvalue weighted by Crippen LogP contribution is -2.54. The average Bonchev–Trinajstić information content (AvgIpc) is 2.89. The fourth-order valence-corrected chi connectivity index (χ4v) is 4.20. The van der Waals surface area contributed by atoms with Crippen LogP contribution in [0.1, 0.15) is 53.0 Å². The quantitative estimate of drug-likeness (QED) is 0.549. The maximum absolute atomic E-state index is 13.0. The molecule has 7 nitrogen and oxygen atoms in total. The molecule has 1 heterocycles. The number of carbonyl (C=O) groups excluding carboxylic acids is 3. The van der Waals surface area contributed by atoms with Crippen LogP contribution in [0.5, 0.6) is 5.75 Å². The molecule has 0 spiro atoms. The minimum atomic E-state index is -4.47. The number of likely N-dealkylation sites (tertiary alicyclic amines) is 1. The van der Waals surface area contributed by atoms with Gasteiger partial charge in [-0.25, -0.2) is 0 Å². The van der Waals surface area contributed by atoms with Crippen molar-refractivity contribution in [1.29, 1.82) is 0 Å². The van der Waals surface area contributed by atoms with Crippen molar-refractivity contribution < 1.29 is 32.3 Å². The van der Waals surface area contributed by atoms with Crippen molar-refractivity contribution in [2.75, 3.05) is 26.7 Å². The van der Waals surface area contributed by atoms with Crippen molar-refractivity contribution in [3.63, 3.8) is 0 Å². The van der Waals surface area contributed by atoms with E-state index in [1.807, 2.05) is 13.8 Å². The van der Waals surface area contributed by atoms with Crippen LogP contribution in [-0.2, 0) is 11.0 Å². The molecule has 2 N–H and O–H groups in total. The fraction of sp³-hybridized carbons (Fsp3) is 0.444. The van der Waals surface area contributed by atoms with Crippen molar-refractivity contribution >= 4 is 17.7 Å². The van der Waals surface area contributed by atoms with Crippen LogP contribution in [0.2, 0.25) is 0 Å². The minimum Gasteiger partial charge on any atom is -0.497 e. The third-order valence-corrected chi connectivity index (χ3v) is 6.36. The lowest BCUT2D eigenvalue weighted by Gasteiger charge is -2.36. The summed E-state index contributed by atoms with van der Waals surface area (Å²) in [6, 6.07) is 9.89. The maximum Gasteiger partial charge on any atom is 0.416 e. The Hall–Kier alpha value is -3.56. The first kappa shape index (κ1) is 28.0. The Balaban J connectivity index is 1.67. The van der Waals surface area contributed by atoms with Crippen molar-refractivity contribution in [3.8, 4) is 5.75 Å². The second kappa shape index (κ2) is 12.1. The van der Waals surface area contributed by atoms with Crippen molar-refractivity contribution in [3.05, 3.63) is 65.2 Å².